The first-order valence-corrected chi connectivity index (χ1v) is 10.1. The predicted molar refractivity (Wildman–Crippen MR) is 69.5 cm³/mol. The predicted octanol–water partition coefficient (Wildman–Crippen LogP) is 1.79. The molecule has 2 nitrogen and oxygen atoms in total. The zero-order chi connectivity index (χ0) is 10.3. The molecule has 0 saturated carbocycles. The Morgan fingerprint density at radius 2 is 1.40 bits per heavy atom. The van der Waals surface area contributed by atoms with E-state index in [4.69, 9.17) is 9.47 Å². The van der Waals surface area contributed by atoms with E-state index in [1.807, 2.05) is 0 Å². The van der Waals surface area contributed by atoms with Crippen molar-refractivity contribution < 1.29 is 9.47 Å². The minimum absolute atomic E-state index is 0.608. The number of hydrogen-bond donors (Lipinski definition) is 0. The van der Waals surface area contributed by atoms with Gasteiger partial charge in [0.2, 0.25) is 0 Å². The Kier molecular flexibility index (Phi) is 6.26. The summed E-state index contributed by atoms with van der Waals surface area (Å²) in [4.78, 5) is 0. The summed E-state index contributed by atoms with van der Waals surface area (Å²) in [5.74, 6) is 5.14. The Bertz CT molecular complexity index is 157. The van der Waals surface area contributed by atoms with Crippen molar-refractivity contribution in [2.45, 2.75) is 22.8 Å². The molecule has 88 valence electrons. The van der Waals surface area contributed by atoms with Crippen LogP contribution in [0.4, 0.5) is 0 Å². The fourth-order valence-electron chi connectivity index (χ4n) is 1.10. The molecule has 0 aromatic carbocycles. The van der Waals surface area contributed by atoms with Crippen LogP contribution < -0.4 is 0 Å². The van der Waals surface area contributed by atoms with Crippen LogP contribution in [-0.4, -0.2) is 63.4 Å². The third kappa shape index (κ3) is 7.14. The van der Waals surface area contributed by atoms with Gasteiger partial charge in [-0.1, -0.05) is 0 Å². The number of epoxide rings is 2. The van der Waals surface area contributed by atoms with Crippen molar-refractivity contribution in [1.82, 2.24) is 0 Å². The van der Waals surface area contributed by atoms with Crippen molar-refractivity contribution in [3.63, 3.8) is 0 Å². The van der Waals surface area contributed by atoms with E-state index in [0.29, 0.717) is 12.2 Å². The van der Waals surface area contributed by atoms with Gasteiger partial charge in [-0.2, -0.15) is 0 Å². The van der Waals surface area contributed by atoms with E-state index in [1.165, 1.54) is 33.6 Å². The van der Waals surface area contributed by atoms with Gasteiger partial charge >= 0.3 is 107 Å². The Hall–Kier alpha value is 1.14. The molecule has 0 spiro atoms. The molecule has 0 bridgehead atoms. The quantitative estimate of drug-likeness (QED) is 0.349. The van der Waals surface area contributed by atoms with E-state index < -0.39 is 0 Å². The molecule has 2 aliphatic heterocycles. The Morgan fingerprint density at radius 1 is 0.933 bits per heavy atom. The van der Waals surface area contributed by atoms with Crippen molar-refractivity contribution in [3.8, 4) is 0 Å². The molecule has 0 aliphatic carbocycles. The molecule has 0 aromatic rings. The van der Waals surface area contributed by atoms with Crippen LogP contribution in [0.1, 0.15) is 0 Å². The summed E-state index contributed by atoms with van der Waals surface area (Å²) in [6.45, 7) is 2.02. The first-order chi connectivity index (χ1) is 7.45. The summed E-state index contributed by atoms with van der Waals surface area (Å²) in [5.41, 5.74) is 0. The van der Waals surface area contributed by atoms with E-state index in [0.717, 1.165) is 28.2 Å². The number of rotatable bonds is 10. The second-order valence-electron chi connectivity index (χ2n) is 3.67. The molecule has 2 atom stereocenters. The van der Waals surface area contributed by atoms with E-state index >= 15 is 0 Å². The fourth-order valence-corrected chi connectivity index (χ4v) is 6.21. The first-order valence-electron chi connectivity index (χ1n) is 5.41. The van der Waals surface area contributed by atoms with E-state index in [9.17, 15) is 0 Å². The third-order valence-electron chi connectivity index (χ3n) is 2.16. The molecule has 0 aromatic heterocycles. The summed E-state index contributed by atoms with van der Waals surface area (Å²) in [6, 6.07) is 0. The van der Waals surface area contributed by atoms with E-state index in [-0.39, 0.29) is 0 Å². The number of ether oxygens (including phenoxy) is 2. The zero-order valence-electron chi connectivity index (χ0n) is 8.85. The van der Waals surface area contributed by atoms with Crippen LogP contribution in [0.2, 0.25) is 10.6 Å². The van der Waals surface area contributed by atoms with Crippen molar-refractivity contribution in [2.75, 3.05) is 36.2 Å². The van der Waals surface area contributed by atoms with Gasteiger partial charge in [-0.15, -0.1) is 0 Å². The van der Waals surface area contributed by atoms with Gasteiger partial charge in [-0.05, 0) is 0 Å². The van der Waals surface area contributed by atoms with Crippen molar-refractivity contribution in [3.05, 3.63) is 0 Å². The molecule has 2 unspecified atom stereocenters. The summed E-state index contributed by atoms with van der Waals surface area (Å²) >= 11 is 5.00. The van der Waals surface area contributed by atoms with Crippen LogP contribution in [0.3, 0.4) is 0 Å². The van der Waals surface area contributed by atoms with Crippen LogP contribution in [0.5, 0.6) is 0 Å². The van der Waals surface area contributed by atoms with Crippen molar-refractivity contribution in [2.24, 2.45) is 0 Å². The summed E-state index contributed by atoms with van der Waals surface area (Å²) in [5, 5.41) is 2.87. The zero-order valence-corrected chi connectivity index (χ0v) is 12.2. The van der Waals surface area contributed by atoms with Crippen LogP contribution >= 0.6 is 23.5 Å². The third-order valence-corrected chi connectivity index (χ3v) is 7.59. The van der Waals surface area contributed by atoms with Gasteiger partial charge in [0.25, 0.3) is 0 Å². The summed E-state index contributed by atoms with van der Waals surface area (Å²) in [7, 11) is 0. The Labute approximate surface area is 107 Å². The number of hydrogen-bond acceptors (Lipinski definition) is 4. The molecule has 2 saturated heterocycles. The minimum atomic E-state index is 0.608. The molecule has 0 radical (unpaired) electrons. The van der Waals surface area contributed by atoms with Gasteiger partial charge in [-0.25, -0.2) is 0 Å². The van der Waals surface area contributed by atoms with Gasteiger partial charge in [0.05, 0.1) is 0 Å². The van der Waals surface area contributed by atoms with E-state index in [2.05, 4.69) is 23.5 Å². The van der Waals surface area contributed by atoms with Gasteiger partial charge in [0.1, 0.15) is 0 Å². The van der Waals surface area contributed by atoms with Crippen LogP contribution in [0.25, 0.3) is 0 Å². The first kappa shape index (κ1) is 12.6. The second kappa shape index (κ2) is 7.46. The maximum absolute atomic E-state index is 5.17. The number of thioether (sulfide) groups is 2. The fraction of sp³-hybridized carbons (Fsp3) is 1.00. The van der Waals surface area contributed by atoms with Crippen LogP contribution in [0.15, 0.2) is 0 Å². The van der Waals surface area contributed by atoms with Gasteiger partial charge in [-0.3, -0.25) is 0 Å². The van der Waals surface area contributed by atoms with Crippen molar-refractivity contribution in [1.29, 1.82) is 0 Å². The molecule has 0 amide bonds. The Balaban J connectivity index is 1.23. The molecule has 2 rings (SSSR count). The molecule has 2 fully saturated rings. The molecular weight excluding hydrogens is 295 g/mol. The monoisotopic (exact) mass is 314 g/mol. The summed E-state index contributed by atoms with van der Waals surface area (Å²) in [6.07, 6.45) is 1.22. The SMILES string of the molecule is C(C[Se]CCSCC1CO1)SCC1CO1. The van der Waals surface area contributed by atoms with E-state index in [1.54, 1.807) is 0 Å². The molecule has 15 heavy (non-hydrogen) atoms. The maximum atomic E-state index is 5.17. The standard InChI is InChI=1S/C10H18O2S2Se/c1(13-7-9-5-11-9)3-15-4-2-14-8-10-6-12-10/h9-10H,1-8H2. The van der Waals surface area contributed by atoms with Gasteiger partial charge in [0.15, 0.2) is 0 Å². The van der Waals surface area contributed by atoms with Crippen molar-refractivity contribution >= 4 is 38.5 Å². The second-order valence-corrected chi connectivity index (χ2v) is 8.54. The molecule has 5 heteroatoms. The average Bonchev–Trinajstić information content (AvgIpc) is 3.10. The average molecular weight is 313 g/mol. The summed E-state index contributed by atoms with van der Waals surface area (Å²) < 4.78 is 10.3. The molecule has 2 heterocycles. The topological polar surface area (TPSA) is 25.1 Å². The Morgan fingerprint density at radius 3 is 1.80 bits per heavy atom. The van der Waals surface area contributed by atoms with Gasteiger partial charge < -0.3 is 0 Å². The normalized spacial score (nSPS) is 28.0. The van der Waals surface area contributed by atoms with Crippen LogP contribution in [-0.2, 0) is 9.47 Å². The van der Waals surface area contributed by atoms with Crippen LogP contribution in [0, 0.1) is 0 Å². The molecular formula is C10H18O2S2Se. The molecule has 0 N–H and O–H groups in total. The molecule has 2 aliphatic rings. The van der Waals surface area contributed by atoms with Gasteiger partial charge in [0, 0.05) is 0 Å².